The largest absolute Gasteiger partial charge is 0.481 e. The standard InChI is InChI=1S/C41H66N4O14/c1-24(4-11-34(48)49)28-7-8-29-27-6-5-25-18-26(12-13-40(25,2)30(27)19-32(46)41(28,29)3)42-33(47)10-9-31(39(58)59)45(16-14-43(20-35(50)51)21-36(52)53)17-15-44(22-37(54)55)23-38(56)57/h24-32,46H,4-23H2,1-3H3,(H,42,47)(H,48,49)(H,50,51)(H,52,53)(H,54,55)(H,56,57)(H,58,59)/t24?,25-,26+,27?,28-,29?,30?,31-,32+,40+,41-/m1/s1. The molecule has 0 spiro atoms. The summed E-state index contributed by atoms with van der Waals surface area (Å²) in [4.78, 5) is 86.6. The van der Waals surface area contributed by atoms with Gasteiger partial charge in [0.25, 0.3) is 0 Å². The van der Waals surface area contributed by atoms with Gasteiger partial charge in [0.15, 0.2) is 0 Å². The Hall–Kier alpha value is -3.87. The van der Waals surface area contributed by atoms with Crippen LogP contribution in [0.3, 0.4) is 0 Å². The first-order valence-corrected chi connectivity index (χ1v) is 21.1. The minimum atomic E-state index is -1.31. The fourth-order valence-electron chi connectivity index (χ4n) is 12.1. The lowest BCUT2D eigenvalue weighted by molar-refractivity contribution is -0.170. The first-order valence-electron chi connectivity index (χ1n) is 21.1. The van der Waals surface area contributed by atoms with Crippen molar-refractivity contribution in [3.05, 3.63) is 0 Å². The van der Waals surface area contributed by atoms with Crippen molar-refractivity contribution in [2.24, 2.45) is 46.3 Å². The quantitative estimate of drug-likeness (QED) is 0.0691. The van der Waals surface area contributed by atoms with Crippen LogP contribution in [0.15, 0.2) is 0 Å². The Morgan fingerprint density at radius 1 is 0.661 bits per heavy atom. The van der Waals surface area contributed by atoms with Crippen molar-refractivity contribution in [3.8, 4) is 0 Å². The van der Waals surface area contributed by atoms with E-state index in [-0.39, 0.29) is 80.1 Å². The average molecular weight is 839 g/mol. The summed E-state index contributed by atoms with van der Waals surface area (Å²) < 4.78 is 0. The van der Waals surface area contributed by atoms with Crippen LogP contribution in [0.2, 0.25) is 0 Å². The first kappa shape index (κ1) is 47.8. The van der Waals surface area contributed by atoms with Crippen LogP contribution in [-0.2, 0) is 33.6 Å². The van der Waals surface area contributed by atoms with E-state index in [4.69, 9.17) is 0 Å². The van der Waals surface area contributed by atoms with Crippen molar-refractivity contribution in [1.29, 1.82) is 0 Å². The normalized spacial score (nSPS) is 31.1. The molecule has 4 aliphatic rings. The van der Waals surface area contributed by atoms with Crippen LogP contribution < -0.4 is 5.32 Å². The molecule has 0 saturated heterocycles. The second-order valence-electron chi connectivity index (χ2n) is 18.3. The van der Waals surface area contributed by atoms with Gasteiger partial charge in [-0.2, -0.15) is 0 Å². The third kappa shape index (κ3) is 12.1. The molecule has 1 amide bonds. The van der Waals surface area contributed by atoms with E-state index in [1.807, 2.05) is 0 Å². The molecule has 0 aromatic carbocycles. The van der Waals surface area contributed by atoms with Crippen LogP contribution in [0, 0.1) is 46.3 Å². The number of hydrogen-bond donors (Lipinski definition) is 8. The van der Waals surface area contributed by atoms with Gasteiger partial charge in [-0.15, -0.1) is 0 Å². The molecule has 0 aliphatic heterocycles. The topological polar surface area (TPSA) is 283 Å². The van der Waals surface area contributed by atoms with Crippen molar-refractivity contribution >= 4 is 41.7 Å². The Morgan fingerprint density at radius 2 is 1.22 bits per heavy atom. The molecular formula is C41H66N4O14. The highest BCUT2D eigenvalue weighted by Crippen LogP contribution is 2.68. The average Bonchev–Trinajstić information content (AvgIpc) is 3.49. The zero-order valence-electron chi connectivity index (χ0n) is 34.7. The minimum Gasteiger partial charge on any atom is -0.481 e. The lowest BCUT2D eigenvalue weighted by Crippen LogP contribution is -2.59. The van der Waals surface area contributed by atoms with Crippen LogP contribution >= 0.6 is 0 Å². The molecule has 4 rings (SSSR count). The van der Waals surface area contributed by atoms with Crippen molar-refractivity contribution in [3.63, 3.8) is 0 Å². The van der Waals surface area contributed by atoms with Gasteiger partial charge in [0.05, 0.1) is 32.3 Å². The Bertz CT molecular complexity index is 1470. The molecule has 4 unspecified atom stereocenters. The Labute approximate surface area is 345 Å². The van der Waals surface area contributed by atoms with E-state index in [1.165, 1.54) is 4.90 Å². The summed E-state index contributed by atoms with van der Waals surface area (Å²) in [5, 5.41) is 71.8. The number of carbonyl (C=O) groups excluding carboxylic acids is 1. The van der Waals surface area contributed by atoms with E-state index in [1.54, 1.807) is 0 Å². The maximum absolute atomic E-state index is 13.5. The highest BCUT2D eigenvalue weighted by Gasteiger charge is 2.63. The second-order valence-corrected chi connectivity index (χ2v) is 18.3. The summed E-state index contributed by atoms with van der Waals surface area (Å²) in [6.07, 6.45) is 7.09. The van der Waals surface area contributed by atoms with Crippen LogP contribution in [0.1, 0.15) is 97.8 Å². The molecule has 4 fully saturated rings. The van der Waals surface area contributed by atoms with E-state index >= 15 is 0 Å². The molecule has 8 N–H and O–H groups in total. The fraction of sp³-hybridized carbons (Fsp3) is 0.829. The molecule has 18 heteroatoms. The highest BCUT2D eigenvalue weighted by atomic mass is 16.4. The number of fused-ring (bicyclic) bond motifs is 5. The summed E-state index contributed by atoms with van der Waals surface area (Å²) in [6.45, 7) is 3.51. The second kappa shape index (κ2) is 20.6. The van der Waals surface area contributed by atoms with E-state index in [0.29, 0.717) is 36.5 Å². The maximum Gasteiger partial charge on any atom is 0.320 e. The van der Waals surface area contributed by atoms with Gasteiger partial charge in [-0.05, 0) is 111 Å². The molecule has 0 aromatic rings. The molecule has 0 bridgehead atoms. The molecule has 0 heterocycles. The molecule has 0 radical (unpaired) electrons. The lowest BCUT2D eigenvalue weighted by atomic mass is 9.43. The number of hydrogen-bond acceptors (Lipinski definition) is 11. The molecule has 0 aromatic heterocycles. The van der Waals surface area contributed by atoms with Gasteiger partial charge in [0.1, 0.15) is 6.04 Å². The van der Waals surface area contributed by atoms with Crippen molar-refractivity contribution in [2.45, 2.75) is 116 Å². The molecule has 11 atom stereocenters. The van der Waals surface area contributed by atoms with Gasteiger partial charge in [-0.3, -0.25) is 48.3 Å². The first-order chi connectivity index (χ1) is 27.6. The summed E-state index contributed by atoms with van der Waals surface area (Å²) in [7, 11) is 0. The van der Waals surface area contributed by atoms with Crippen LogP contribution in [-0.4, -0.2) is 163 Å². The molecule has 4 saturated carbocycles. The van der Waals surface area contributed by atoms with Gasteiger partial charge in [-0.1, -0.05) is 20.8 Å². The number of aliphatic hydroxyl groups is 1. The van der Waals surface area contributed by atoms with E-state index in [9.17, 15) is 69.3 Å². The minimum absolute atomic E-state index is 0.0152. The van der Waals surface area contributed by atoms with Crippen molar-refractivity contribution in [1.82, 2.24) is 20.0 Å². The maximum atomic E-state index is 13.5. The van der Waals surface area contributed by atoms with E-state index in [2.05, 4.69) is 26.1 Å². The monoisotopic (exact) mass is 838 g/mol. The SMILES string of the molecule is CC(CCC(=O)O)[C@H]1CCC2C3CC[C@@H]4C[C@@H](NC(=O)CC[C@H](C(=O)O)N(CCN(CC(=O)O)CC(=O)O)CCN(CC(=O)O)CC(=O)O)CC[C@]4(C)C3C[C@H](O)[C@@]21C. The van der Waals surface area contributed by atoms with Crippen molar-refractivity contribution < 1.29 is 69.3 Å². The third-order valence-corrected chi connectivity index (χ3v) is 14.9. The Balaban J connectivity index is 1.39. The number of aliphatic carboxylic acids is 6. The third-order valence-electron chi connectivity index (χ3n) is 14.9. The van der Waals surface area contributed by atoms with E-state index < -0.39 is 74.1 Å². The van der Waals surface area contributed by atoms with Crippen LogP contribution in [0.4, 0.5) is 0 Å². The van der Waals surface area contributed by atoms with Crippen molar-refractivity contribution in [2.75, 3.05) is 52.4 Å². The molecule has 334 valence electrons. The number of amides is 1. The number of nitrogens with zero attached hydrogens (tertiary/aromatic N) is 3. The van der Waals surface area contributed by atoms with Gasteiger partial charge < -0.3 is 41.1 Å². The van der Waals surface area contributed by atoms with Crippen LogP contribution in [0.25, 0.3) is 0 Å². The van der Waals surface area contributed by atoms with E-state index in [0.717, 1.165) is 54.7 Å². The summed E-state index contributed by atoms with van der Waals surface area (Å²) in [6, 6.07) is -1.43. The van der Waals surface area contributed by atoms with Gasteiger partial charge in [0.2, 0.25) is 5.91 Å². The predicted octanol–water partition coefficient (Wildman–Crippen LogP) is 2.08. The molecule has 4 aliphatic carbocycles. The zero-order valence-corrected chi connectivity index (χ0v) is 34.7. The number of carboxylic acid groups (broad SMARTS) is 6. The van der Waals surface area contributed by atoms with Gasteiger partial charge in [-0.25, -0.2) is 0 Å². The summed E-state index contributed by atoms with van der Waals surface area (Å²) >= 11 is 0. The Kier molecular flexibility index (Phi) is 16.7. The summed E-state index contributed by atoms with van der Waals surface area (Å²) in [5.41, 5.74) is -0.262. The number of nitrogens with one attached hydrogen (secondary N) is 1. The number of carbonyl (C=O) groups is 7. The van der Waals surface area contributed by atoms with Crippen LogP contribution in [0.5, 0.6) is 0 Å². The fourth-order valence-corrected chi connectivity index (χ4v) is 12.1. The summed E-state index contributed by atoms with van der Waals surface area (Å²) in [5.74, 6) is -5.61. The number of rotatable bonds is 24. The van der Waals surface area contributed by atoms with Gasteiger partial charge >= 0.3 is 35.8 Å². The predicted molar refractivity (Wildman–Crippen MR) is 210 cm³/mol. The smallest absolute Gasteiger partial charge is 0.320 e. The molecule has 59 heavy (non-hydrogen) atoms. The molecular weight excluding hydrogens is 772 g/mol. The highest BCUT2D eigenvalue weighted by molar-refractivity contribution is 5.79. The number of aliphatic hydroxyl groups excluding tert-OH is 1. The molecule has 18 nitrogen and oxygen atoms in total. The van der Waals surface area contributed by atoms with Gasteiger partial charge in [0, 0.05) is 45.1 Å². The zero-order chi connectivity index (χ0) is 43.8. The number of carboxylic acids is 6. The Morgan fingerprint density at radius 3 is 1.73 bits per heavy atom. The lowest BCUT2D eigenvalue weighted by Gasteiger charge is -2.62.